The first kappa shape index (κ1) is 10.4. The zero-order chi connectivity index (χ0) is 11.4. The SMILES string of the molecule is COc1cc(C(N)c2cncnc2)ncn1. The molecule has 2 aromatic rings. The molecule has 0 aromatic carbocycles. The molecule has 0 aliphatic rings. The molecule has 1 atom stereocenters. The fourth-order valence-electron chi connectivity index (χ4n) is 1.28. The summed E-state index contributed by atoms with van der Waals surface area (Å²) in [5.41, 5.74) is 7.48. The molecule has 82 valence electrons. The van der Waals surface area contributed by atoms with Gasteiger partial charge in [-0.25, -0.2) is 19.9 Å². The van der Waals surface area contributed by atoms with Crippen LogP contribution in [0.1, 0.15) is 17.3 Å². The molecule has 6 heteroatoms. The number of nitrogens with zero attached hydrogens (tertiary/aromatic N) is 4. The van der Waals surface area contributed by atoms with Crippen LogP contribution in [-0.2, 0) is 0 Å². The highest BCUT2D eigenvalue weighted by Crippen LogP contribution is 2.17. The van der Waals surface area contributed by atoms with Gasteiger partial charge in [0.05, 0.1) is 18.8 Å². The molecule has 0 aliphatic heterocycles. The summed E-state index contributed by atoms with van der Waals surface area (Å²) in [7, 11) is 1.54. The fourth-order valence-corrected chi connectivity index (χ4v) is 1.28. The van der Waals surface area contributed by atoms with E-state index in [9.17, 15) is 0 Å². The predicted octanol–water partition coefficient (Wildman–Crippen LogP) is 0.323. The van der Waals surface area contributed by atoms with Gasteiger partial charge in [-0.3, -0.25) is 0 Å². The molecule has 2 aromatic heterocycles. The molecule has 0 saturated carbocycles. The van der Waals surface area contributed by atoms with Crippen molar-refractivity contribution in [2.75, 3.05) is 7.11 Å². The van der Waals surface area contributed by atoms with Crippen LogP contribution in [0.4, 0.5) is 0 Å². The maximum absolute atomic E-state index is 6.01. The van der Waals surface area contributed by atoms with Gasteiger partial charge in [-0.1, -0.05) is 0 Å². The Morgan fingerprint density at radius 3 is 2.62 bits per heavy atom. The molecule has 0 saturated heterocycles. The predicted molar refractivity (Wildman–Crippen MR) is 56.6 cm³/mol. The van der Waals surface area contributed by atoms with E-state index in [0.29, 0.717) is 11.6 Å². The lowest BCUT2D eigenvalue weighted by atomic mass is 10.1. The van der Waals surface area contributed by atoms with Crippen molar-refractivity contribution in [2.24, 2.45) is 5.73 Å². The smallest absolute Gasteiger partial charge is 0.216 e. The van der Waals surface area contributed by atoms with Crippen molar-refractivity contribution in [1.82, 2.24) is 19.9 Å². The van der Waals surface area contributed by atoms with Gasteiger partial charge >= 0.3 is 0 Å². The van der Waals surface area contributed by atoms with E-state index in [1.165, 1.54) is 12.7 Å². The van der Waals surface area contributed by atoms with Crippen molar-refractivity contribution in [3.8, 4) is 5.88 Å². The van der Waals surface area contributed by atoms with E-state index in [2.05, 4.69) is 19.9 Å². The Balaban J connectivity index is 2.30. The van der Waals surface area contributed by atoms with Crippen LogP contribution in [0.3, 0.4) is 0 Å². The summed E-state index contributed by atoms with van der Waals surface area (Å²) in [6.45, 7) is 0. The Morgan fingerprint density at radius 2 is 1.94 bits per heavy atom. The maximum atomic E-state index is 6.01. The van der Waals surface area contributed by atoms with Gasteiger partial charge in [-0.05, 0) is 0 Å². The van der Waals surface area contributed by atoms with Gasteiger partial charge in [-0.15, -0.1) is 0 Å². The summed E-state index contributed by atoms with van der Waals surface area (Å²) in [6, 6.07) is 1.32. The topological polar surface area (TPSA) is 86.8 Å². The van der Waals surface area contributed by atoms with Crippen LogP contribution < -0.4 is 10.5 Å². The standard InChI is InChI=1S/C10H11N5O/c1-16-9-2-8(14-6-15-9)10(11)7-3-12-5-13-4-7/h2-6,10H,11H2,1H3. The Labute approximate surface area is 92.6 Å². The van der Waals surface area contributed by atoms with Crippen molar-refractivity contribution >= 4 is 0 Å². The Hall–Kier alpha value is -2.08. The zero-order valence-electron chi connectivity index (χ0n) is 8.74. The van der Waals surface area contributed by atoms with E-state index in [1.54, 1.807) is 25.6 Å². The van der Waals surface area contributed by atoms with Crippen LogP contribution in [0.15, 0.2) is 31.1 Å². The van der Waals surface area contributed by atoms with E-state index in [0.717, 1.165) is 5.56 Å². The van der Waals surface area contributed by atoms with Crippen molar-refractivity contribution in [3.63, 3.8) is 0 Å². The summed E-state index contributed by atoms with van der Waals surface area (Å²) >= 11 is 0. The van der Waals surface area contributed by atoms with Crippen molar-refractivity contribution in [2.45, 2.75) is 6.04 Å². The Kier molecular flexibility index (Phi) is 3.02. The van der Waals surface area contributed by atoms with Crippen LogP contribution in [-0.4, -0.2) is 27.0 Å². The van der Waals surface area contributed by atoms with Gasteiger partial charge in [-0.2, -0.15) is 0 Å². The minimum absolute atomic E-state index is 0.377. The number of nitrogens with two attached hydrogens (primary N) is 1. The average molecular weight is 217 g/mol. The van der Waals surface area contributed by atoms with E-state index in [4.69, 9.17) is 10.5 Å². The van der Waals surface area contributed by atoms with Gasteiger partial charge in [0.1, 0.15) is 12.7 Å². The molecule has 6 nitrogen and oxygen atoms in total. The molecule has 0 radical (unpaired) electrons. The molecule has 2 rings (SSSR count). The molecule has 0 spiro atoms. The highest BCUT2D eigenvalue weighted by atomic mass is 16.5. The first-order valence-electron chi connectivity index (χ1n) is 4.67. The number of hydrogen-bond acceptors (Lipinski definition) is 6. The highest BCUT2D eigenvalue weighted by molar-refractivity contribution is 5.25. The summed E-state index contributed by atoms with van der Waals surface area (Å²) in [5.74, 6) is 0.484. The average Bonchev–Trinajstić information content (AvgIpc) is 2.39. The van der Waals surface area contributed by atoms with Crippen LogP contribution in [0.5, 0.6) is 5.88 Å². The lowest BCUT2D eigenvalue weighted by molar-refractivity contribution is 0.395. The van der Waals surface area contributed by atoms with Gasteiger partial charge in [0, 0.05) is 24.0 Å². The lowest BCUT2D eigenvalue weighted by Gasteiger charge is -2.10. The quantitative estimate of drug-likeness (QED) is 0.796. The summed E-state index contributed by atoms with van der Waals surface area (Å²) in [5, 5.41) is 0. The van der Waals surface area contributed by atoms with E-state index < -0.39 is 0 Å². The molecular formula is C10H11N5O. The fraction of sp³-hybridized carbons (Fsp3) is 0.200. The molecule has 0 fully saturated rings. The number of rotatable bonds is 3. The lowest BCUT2D eigenvalue weighted by Crippen LogP contribution is -2.14. The van der Waals surface area contributed by atoms with E-state index >= 15 is 0 Å². The first-order chi connectivity index (χ1) is 7.81. The maximum Gasteiger partial charge on any atom is 0.216 e. The molecule has 16 heavy (non-hydrogen) atoms. The number of methoxy groups -OCH3 is 1. The third-order valence-corrected chi connectivity index (χ3v) is 2.13. The number of aromatic nitrogens is 4. The van der Waals surface area contributed by atoms with Crippen molar-refractivity contribution < 1.29 is 4.74 Å². The van der Waals surface area contributed by atoms with E-state index in [-0.39, 0.29) is 6.04 Å². The Bertz CT molecular complexity index is 462. The number of ether oxygens (including phenoxy) is 1. The minimum Gasteiger partial charge on any atom is -0.481 e. The third kappa shape index (κ3) is 2.12. The summed E-state index contributed by atoms with van der Waals surface area (Å²) in [4.78, 5) is 15.8. The van der Waals surface area contributed by atoms with Gasteiger partial charge in [0.15, 0.2) is 0 Å². The van der Waals surface area contributed by atoms with Gasteiger partial charge in [0.25, 0.3) is 0 Å². The van der Waals surface area contributed by atoms with Crippen molar-refractivity contribution in [1.29, 1.82) is 0 Å². The number of hydrogen-bond donors (Lipinski definition) is 1. The second-order valence-electron chi connectivity index (χ2n) is 3.13. The normalized spacial score (nSPS) is 12.1. The van der Waals surface area contributed by atoms with Gasteiger partial charge < -0.3 is 10.5 Å². The van der Waals surface area contributed by atoms with Crippen molar-refractivity contribution in [3.05, 3.63) is 42.4 Å². The molecular weight excluding hydrogens is 206 g/mol. The van der Waals surface area contributed by atoms with Crippen LogP contribution >= 0.6 is 0 Å². The molecule has 0 bridgehead atoms. The van der Waals surface area contributed by atoms with Gasteiger partial charge in [0.2, 0.25) is 5.88 Å². The summed E-state index contributed by atoms with van der Waals surface area (Å²) < 4.78 is 5.00. The first-order valence-corrected chi connectivity index (χ1v) is 4.67. The third-order valence-electron chi connectivity index (χ3n) is 2.13. The monoisotopic (exact) mass is 217 g/mol. The second kappa shape index (κ2) is 4.63. The molecule has 2 heterocycles. The van der Waals surface area contributed by atoms with Crippen LogP contribution in [0.25, 0.3) is 0 Å². The molecule has 2 N–H and O–H groups in total. The Morgan fingerprint density at radius 1 is 1.19 bits per heavy atom. The summed E-state index contributed by atoms with van der Waals surface area (Å²) in [6.07, 6.45) is 6.19. The molecule has 1 unspecified atom stereocenters. The molecule has 0 aliphatic carbocycles. The minimum atomic E-state index is -0.377. The molecule has 0 amide bonds. The largest absolute Gasteiger partial charge is 0.481 e. The van der Waals surface area contributed by atoms with E-state index in [1.807, 2.05) is 0 Å². The highest BCUT2D eigenvalue weighted by Gasteiger charge is 2.11. The van der Waals surface area contributed by atoms with Crippen LogP contribution in [0.2, 0.25) is 0 Å². The zero-order valence-corrected chi connectivity index (χ0v) is 8.74. The van der Waals surface area contributed by atoms with Crippen LogP contribution in [0, 0.1) is 0 Å². The second-order valence-corrected chi connectivity index (χ2v) is 3.13.